The maximum Gasteiger partial charge on any atom is 0.260 e. The predicted octanol–water partition coefficient (Wildman–Crippen LogP) is 1.58. The molecule has 0 aliphatic carbocycles. The number of benzene rings is 1. The smallest absolute Gasteiger partial charge is 0.260 e. The van der Waals surface area contributed by atoms with E-state index in [1.54, 1.807) is 18.2 Å². The van der Waals surface area contributed by atoms with Crippen LogP contribution in [0, 0.1) is 0 Å². The van der Waals surface area contributed by atoms with E-state index in [1.165, 1.54) is 4.90 Å². The number of hydrogen-bond donors (Lipinski definition) is 1. The minimum absolute atomic E-state index is 0.104. The average Bonchev–Trinajstić information content (AvgIpc) is 2.26. The molecule has 2 rings (SSSR count). The van der Waals surface area contributed by atoms with E-state index in [9.17, 15) is 4.79 Å². The molecule has 0 radical (unpaired) electrons. The summed E-state index contributed by atoms with van der Waals surface area (Å²) in [4.78, 5) is 13.1. The summed E-state index contributed by atoms with van der Waals surface area (Å²) in [6.45, 7) is 0.629. The summed E-state index contributed by atoms with van der Waals surface area (Å²) in [5.74, 6) is 0.208. The first-order valence-corrected chi connectivity index (χ1v) is 5.85. The minimum atomic E-state index is -0.409. The Morgan fingerprint density at radius 3 is 2.82 bits per heavy atom. The summed E-state index contributed by atoms with van der Waals surface area (Å²) in [6.07, 6.45) is -0.409. The molecule has 1 fully saturated rings. The highest BCUT2D eigenvalue weighted by molar-refractivity contribution is 6.34. The fourth-order valence-electron chi connectivity index (χ4n) is 1.48. The molecule has 1 amide bonds. The second kappa shape index (κ2) is 5.12. The van der Waals surface area contributed by atoms with Crippen LogP contribution < -0.4 is 4.74 Å². The van der Waals surface area contributed by atoms with Crippen molar-refractivity contribution in [2.45, 2.75) is 6.10 Å². The number of carbonyl (C=O) groups is 1. The molecule has 0 aromatic heterocycles. The van der Waals surface area contributed by atoms with Gasteiger partial charge in [0.15, 0.2) is 6.61 Å². The van der Waals surface area contributed by atoms with Crippen molar-refractivity contribution in [2.24, 2.45) is 0 Å². The molecule has 6 heteroatoms. The van der Waals surface area contributed by atoms with Crippen LogP contribution in [0.3, 0.4) is 0 Å². The van der Waals surface area contributed by atoms with E-state index in [0.29, 0.717) is 28.9 Å². The van der Waals surface area contributed by atoms with Gasteiger partial charge in [-0.2, -0.15) is 0 Å². The number of likely N-dealkylation sites (tertiary alicyclic amines) is 1. The summed E-state index contributed by atoms with van der Waals surface area (Å²) in [7, 11) is 0. The standard InChI is InChI=1S/C11H11Cl2NO3/c12-7-1-2-9(13)10(3-7)17-6-11(16)14-4-8(15)5-14/h1-3,8,15H,4-6H2. The van der Waals surface area contributed by atoms with Crippen molar-refractivity contribution in [3.63, 3.8) is 0 Å². The van der Waals surface area contributed by atoms with Crippen LogP contribution in [0.4, 0.5) is 0 Å². The van der Waals surface area contributed by atoms with Crippen molar-refractivity contribution in [1.29, 1.82) is 0 Å². The summed E-state index contributed by atoms with van der Waals surface area (Å²) in [5.41, 5.74) is 0. The van der Waals surface area contributed by atoms with Crippen LogP contribution >= 0.6 is 23.2 Å². The third-order valence-corrected chi connectivity index (χ3v) is 3.01. The van der Waals surface area contributed by atoms with Crippen molar-refractivity contribution in [2.75, 3.05) is 19.7 Å². The third-order valence-electron chi connectivity index (χ3n) is 2.46. The first-order valence-electron chi connectivity index (χ1n) is 5.10. The Morgan fingerprint density at radius 1 is 1.47 bits per heavy atom. The van der Waals surface area contributed by atoms with E-state index < -0.39 is 6.10 Å². The summed E-state index contributed by atoms with van der Waals surface area (Å²) < 4.78 is 5.28. The van der Waals surface area contributed by atoms with Gasteiger partial charge >= 0.3 is 0 Å². The number of amides is 1. The lowest BCUT2D eigenvalue weighted by Gasteiger charge is -2.35. The Labute approximate surface area is 109 Å². The first-order chi connectivity index (χ1) is 8.06. The van der Waals surface area contributed by atoms with E-state index in [4.69, 9.17) is 33.0 Å². The van der Waals surface area contributed by atoms with E-state index in [1.807, 2.05) is 0 Å². The van der Waals surface area contributed by atoms with Gasteiger partial charge in [0.25, 0.3) is 5.91 Å². The third kappa shape index (κ3) is 3.03. The zero-order chi connectivity index (χ0) is 12.4. The zero-order valence-corrected chi connectivity index (χ0v) is 10.4. The molecule has 0 atom stereocenters. The molecule has 1 aliphatic heterocycles. The number of hydrogen-bond acceptors (Lipinski definition) is 3. The topological polar surface area (TPSA) is 49.8 Å². The van der Waals surface area contributed by atoms with Gasteiger partial charge in [0.2, 0.25) is 0 Å². The molecule has 0 bridgehead atoms. The van der Waals surface area contributed by atoms with Crippen molar-refractivity contribution < 1.29 is 14.6 Å². The van der Waals surface area contributed by atoms with E-state index in [0.717, 1.165) is 0 Å². The number of aliphatic hydroxyl groups excluding tert-OH is 1. The molecule has 1 aromatic rings. The van der Waals surface area contributed by atoms with Crippen molar-refractivity contribution in [1.82, 2.24) is 4.90 Å². The summed E-state index contributed by atoms with van der Waals surface area (Å²) >= 11 is 11.7. The van der Waals surface area contributed by atoms with Crippen molar-refractivity contribution in [3.8, 4) is 5.75 Å². The van der Waals surface area contributed by atoms with Gasteiger partial charge in [-0.25, -0.2) is 0 Å². The fourth-order valence-corrected chi connectivity index (χ4v) is 1.81. The monoisotopic (exact) mass is 275 g/mol. The molecule has 0 unspecified atom stereocenters. The van der Waals surface area contributed by atoms with Gasteiger partial charge < -0.3 is 14.7 Å². The Hall–Kier alpha value is -0.970. The molecule has 92 valence electrons. The van der Waals surface area contributed by atoms with Crippen molar-refractivity contribution >= 4 is 29.1 Å². The maximum absolute atomic E-state index is 11.6. The molecule has 1 N–H and O–H groups in total. The molecule has 1 saturated heterocycles. The number of β-amino-alcohol motifs (C(OH)–C–C–N with tert-alkyl or cyclic N) is 1. The van der Waals surface area contributed by atoms with Gasteiger partial charge in [0.1, 0.15) is 5.75 Å². The fraction of sp³-hybridized carbons (Fsp3) is 0.364. The van der Waals surface area contributed by atoms with Crippen LogP contribution in [-0.2, 0) is 4.79 Å². The van der Waals surface area contributed by atoms with Gasteiger partial charge in [-0.05, 0) is 12.1 Å². The van der Waals surface area contributed by atoms with Crippen LogP contribution in [-0.4, -0.2) is 41.7 Å². The molecular formula is C11H11Cl2NO3. The van der Waals surface area contributed by atoms with E-state index in [-0.39, 0.29) is 12.5 Å². The number of ether oxygens (including phenoxy) is 1. The van der Waals surface area contributed by atoms with Crippen molar-refractivity contribution in [3.05, 3.63) is 28.2 Å². The molecule has 4 nitrogen and oxygen atoms in total. The quantitative estimate of drug-likeness (QED) is 0.911. The van der Waals surface area contributed by atoms with Crippen LogP contribution in [0.2, 0.25) is 10.0 Å². The van der Waals surface area contributed by atoms with Crippen LogP contribution in [0.5, 0.6) is 5.75 Å². The maximum atomic E-state index is 11.6. The number of nitrogens with zero attached hydrogens (tertiary/aromatic N) is 1. The molecule has 1 aliphatic rings. The SMILES string of the molecule is O=C(COc1cc(Cl)ccc1Cl)N1CC(O)C1. The molecule has 1 aromatic carbocycles. The molecule has 0 spiro atoms. The Balaban J connectivity index is 1.89. The normalized spacial score (nSPS) is 15.6. The average molecular weight is 276 g/mol. The number of carbonyl (C=O) groups excluding carboxylic acids is 1. The van der Waals surface area contributed by atoms with Crippen LogP contribution in [0.15, 0.2) is 18.2 Å². The summed E-state index contributed by atoms with van der Waals surface area (Å²) in [5, 5.41) is 9.96. The second-order valence-corrected chi connectivity index (χ2v) is 4.66. The van der Waals surface area contributed by atoms with Gasteiger partial charge in [-0.15, -0.1) is 0 Å². The van der Waals surface area contributed by atoms with Crippen LogP contribution in [0.1, 0.15) is 0 Å². The van der Waals surface area contributed by atoms with E-state index >= 15 is 0 Å². The molecule has 17 heavy (non-hydrogen) atoms. The Bertz CT molecular complexity index is 433. The predicted molar refractivity (Wildman–Crippen MR) is 64.5 cm³/mol. The lowest BCUT2D eigenvalue weighted by atomic mass is 10.2. The lowest BCUT2D eigenvalue weighted by Crippen LogP contribution is -2.54. The summed E-state index contributed by atoms with van der Waals surface area (Å²) in [6, 6.07) is 4.81. The zero-order valence-electron chi connectivity index (χ0n) is 8.90. The molecule has 1 heterocycles. The number of aliphatic hydroxyl groups is 1. The number of halogens is 2. The highest BCUT2D eigenvalue weighted by atomic mass is 35.5. The Kier molecular flexibility index (Phi) is 3.76. The van der Waals surface area contributed by atoms with Gasteiger partial charge in [0.05, 0.1) is 11.1 Å². The van der Waals surface area contributed by atoms with Crippen LogP contribution in [0.25, 0.3) is 0 Å². The highest BCUT2D eigenvalue weighted by Crippen LogP contribution is 2.27. The molecule has 0 saturated carbocycles. The molecular weight excluding hydrogens is 265 g/mol. The number of rotatable bonds is 3. The van der Waals surface area contributed by atoms with Gasteiger partial charge in [-0.3, -0.25) is 4.79 Å². The Morgan fingerprint density at radius 2 is 2.18 bits per heavy atom. The van der Waals surface area contributed by atoms with Gasteiger partial charge in [-0.1, -0.05) is 23.2 Å². The van der Waals surface area contributed by atoms with Gasteiger partial charge in [0, 0.05) is 24.2 Å². The largest absolute Gasteiger partial charge is 0.482 e. The lowest BCUT2D eigenvalue weighted by molar-refractivity contribution is -0.143. The second-order valence-electron chi connectivity index (χ2n) is 3.82. The highest BCUT2D eigenvalue weighted by Gasteiger charge is 2.28. The minimum Gasteiger partial charge on any atom is -0.482 e. The first kappa shape index (κ1) is 12.5. The van der Waals surface area contributed by atoms with E-state index in [2.05, 4.69) is 0 Å².